The molecule has 0 spiro atoms. The number of carbonyl (C=O) groups excluding carboxylic acids is 1. The number of carbonyl (C=O) groups is 1. The highest BCUT2D eigenvalue weighted by atomic mass is 35.5. The zero-order chi connectivity index (χ0) is 18.5. The molecular weight excluding hydrogens is 346 g/mol. The number of anilines is 1. The Morgan fingerprint density at radius 1 is 1.15 bits per heavy atom. The molecule has 1 N–H and O–H groups in total. The van der Waals surface area contributed by atoms with E-state index in [-0.39, 0.29) is 5.91 Å². The van der Waals surface area contributed by atoms with Crippen LogP contribution in [0, 0.1) is 0 Å². The summed E-state index contributed by atoms with van der Waals surface area (Å²) in [6.07, 6.45) is 2.22. The second-order valence-electron chi connectivity index (χ2n) is 7.02. The van der Waals surface area contributed by atoms with E-state index in [0.717, 1.165) is 43.1 Å². The molecule has 0 saturated carbocycles. The highest BCUT2D eigenvalue weighted by Gasteiger charge is 2.19. The van der Waals surface area contributed by atoms with Crippen LogP contribution in [0.3, 0.4) is 0 Å². The van der Waals surface area contributed by atoms with Gasteiger partial charge in [0.1, 0.15) is 0 Å². The third kappa shape index (κ3) is 4.77. The Bertz CT molecular complexity index is 737. The van der Waals surface area contributed by atoms with Gasteiger partial charge in [-0.3, -0.25) is 4.79 Å². The summed E-state index contributed by atoms with van der Waals surface area (Å²) in [6, 6.07) is 16.5. The van der Waals surface area contributed by atoms with E-state index in [1.807, 2.05) is 30.3 Å². The van der Waals surface area contributed by atoms with Crippen LogP contribution in [0.25, 0.3) is 0 Å². The fraction of sp³-hybridized carbons (Fsp3) is 0.381. The standard InChI is InChI=1S/C21H26ClN3O/c1-24(2)21(26)17-6-8-20(9-7-17)25-12-10-19(11-13-25)23-15-16-4-3-5-18(22)14-16/h3-9,14,19,23H,10-13,15H2,1-2H3. The molecule has 0 aromatic heterocycles. The minimum absolute atomic E-state index is 0.0421. The van der Waals surface area contributed by atoms with E-state index in [4.69, 9.17) is 11.6 Å². The average molecular weight is 372 g/mol. The van der Waals surface area contributed by atoms with Gasteiger partial charge in [-0.25, -0.2) is 0 Å². The molecule has 4 nitrogen and oxygen atoms in total. The predicted molar refractivity (Wildman–Crippen MR) is 108 cm³/mol. The van der Waals surface area contributed by atoms with Crippen LogP contribution in [-0.2, 0) is 6.54 Å². The van der Waals surface area contributed by atoms with Crippen LogP contribution >= 0.6 is 11.6 Å². The van der Waals surface area contributed by atoms with Gasteiger partial charge >= 0.3 is 0 Å². The minimum Gasteiger partial charge on any atom is -0.371 e. The van der Waals surface area contributed by atoms with Crippen molar-refractivity contribution in [3.63, 3.8) is 0 Å². The Morgan fingerprint density at radius 2 is 1.85 bits per heavy atom. The van der Waals surface area contributed by atoms with Gasteiger partial charge in [0.05, 0.1) is 0 Å². The number of amides is 1. The summed E-state index contributed by atoms with van der Waals surface area (Å²) in [5.41, 5.74) is 3.14. The number of piperidine rings is 1. The molecule has 1 amide bonds. The van der Waals surface area contributed by atoms with Gasteiger partial charge in [0.2, 0.25) is 0 Å². The number of hydrogen-bond donors (Lipinski definition) is 1. The SMILES string of the molecule is CN(C)C(=O)c1ccc(N2CCC(NCc3cccc(Cl)c3)CC2)cc1. The van der Waals surface area contributed by atoms with Crippen molar-refractivity contribution in [3.05, 3.63) is 64.7 Å². The lowest BCUT2D eigenvalue weighted by Gasteiger charge is -2.34. The van der Waals surface area contributed by atoms with Crippen molar-refractivity contribution in [2.75, 3.05) is 32.1 Å². The number of halogens is 1. The van der Waals surface area contributed by atoms with Crippen LogP contribution in [0.2, 0.25) is 5.02 Å². The monoisotopic (exact) mass is 371 g/mol. The third-order valence-corrected chi connectivity index (χ3v) is 5.10. The molecular formula is C21H26ClN3O. The maximum Gasteiger partial charge on any atom is 0.253 e. The number of hydrogen-bond acceptors (Lipinski definition) is 3. The van der Waals surface area contributed by atoms with Crippen molar-refractivity contribution in [1.82, 2.24) is 10.2 Å². The first-order chi connectivity index (χ1) is 12.5. The third-order valence-electron chi connectivity index (χ3n) is 4.86. The zero-order valence-electron chi connectivity index (χ0n) is 15.4. The van der Waals surface area contributed by atoms with Crippen molar-refractivity contribution in [1.29, 1.82) is 0 Å². The van der Waals surface area contributed by atoms with Gasteiger partial charge in [-0.15, -0.1) is 0 Å². The topological polar surface area (TPSA) is 35.6 Å². The molecule has 3 rings (SSSR count). The van der Waals surface area contributed by atoms with Gasteiger partial charge in [-0.2, -0.15) is 0 Å². The smallest absolute Gasteiger partial charge is 0.253 e. The van der Waals surface area contributed by atoms with E-state index in [1.165, 1.54) is 11.3 Å². The minimum atomic E-state index is 0.0421. The maximum atomic E-state index is 12.0. The van der Waals surface area contributed by atoms with Crippen molar-refractivity contribution < 1.29 is 4.79 Å². The van der Waals surface area contributed by atoms with Crippen LogP contribution < -0.4 is 10.2 Å². The highest BCUT2D eigenvalue weighted by Crippen LogP contribution is 2.21. The summed E-state index contributed by atoms with van der Waals surface area (Å²) in [4.78, 5) is 16.0. The molecule has 0 unspecified atom stereocenters. The summed E-state index contributed by atoms with van der Waals surface area (Å²) in [5.74, 6) is 0.0421. The molecule has 26 heavy (non-hydrogen) atoms. The number of nitrogens with one attached hydrogen (secondary N) is 1. The molecule has 1 heterocycles. The Hall–Kier alpha value is -2.04. The molecule has 138 valence electrons. The van der Waals surface area contributed by atoms with Crippen molar-refractivity contribution >= 4 is 23.2 Å². The molecule has 0 aliphatic carbocycles. The molecule has 1 saturated heterocycles. The summed E-state index contributed by atoms with van der Waals surface area (Å²) in [5, 5.41) is 4.43. The largest absolute Gasteiger partial charge is 0.371 e. The zero-order valence-corrected chi connectivity index (χ0v) is 16.2. The molecule has 1 aliphatic heterocycles. The first kappa shape index (κ1) is 18.7. The Labute approximate surface area is 160 Å². The van der Waals surface area contributed by atoms with Crippen LogP contribution in [0.15, 0.2) is 48.5 Å². The summed E-state index contributed by atoms with van der Waals surface area (Å²) < 4.78 is 0. The van der Waals surface area contributed by atoms with Crippen LogP contribution in [-0.4, -0.2) is 44.0 Å². The molecule has 0 bridgehead atoms. The van der Waals surface area contributed by atoms with E-state index in [9.17, 15) is 4.79 Å². The first-order valence-corrected chi connectivity index (χ1v) is 9.45. The van der Waals surface area contributed by atoms with Gasteiger partial charge in [-0.1, -0.05) is 23.7 Å². The maximum absolute atomic E-state index is 12.0. The predicted octanol–water partition coefficient (Wildman–Crippen LogP) is 3.80. The Balaban J connectivity index is 1.49. The fourth-order valence-corrected chi connectivity index (χ4v) is 3.54. The van der Waals surface area contributed by atoms with E-state index in [2.05, 4.69) is 28.4 Å². The van der Waals surface area contributed by atoms with E-state index >= 15 is 0 Å². The number of nitrogens with zero attached hydrogens (tertiary/aromatic N) is 2. The summed E-state index contributed by atoms with van der Waals surface area (Å²) >= 11 is 6.04. The van der Waals surface area contributed by atoms with Gasteiger partial charge in [0.25, 0.3) is 5.91 Å². The van der Waals surface area contributed by atoms with Crippen LogP contribution in [0.4, 0.5) is 5.69 Å². The lowest BCUT2D eigenvalue weighted by molar-refractivity contribution is 0.0827. The molecule has 5 heteroatoms. The van der Waals surface area contributed by atoms with E-state index in [1.54, 1.807) is 19.0 Å². The van der Waals surface area contributed by atoms with Crippen LogP contribution in [0.5, 0.6) is 0 Å². The molecule has 0 radical (unpaired) electrons. The van der Waals surface area contributed by atoms with Gasteiger partial charge in [0, 0.05) is 56.0 Å². The fourth-order valence-electron chi connectivity index (χ4n) is 3.32. The van der Waals surface area contributed by atoms with Crippen molar-refractivity contribution in [2.45, 2.75) is 25.4 Å². The second kappa shape index (κ2) is 8.56. The Kier molecular flexibility index (Phi) is 6.17. The molecule has 0 atom stereocenters. The summed E-state index contributed by atoms with van der Waals surface area (Å²) in [6.45, 7) is 2.90. The van der Waals surface area contributed by atoms with E-state index in [0.29, 0.717) is 6.04 Å². The Morgan fingerprint density at radius 3 is 2.46 bits per heavy atom. The number of rotatable bonds is 5. The average Bonchev–Trinajstić information content (AvgIpc) is 2.66. The molecule has 1 aliphatic rings. The van der Waals surface area contributed by atoms with Gasteiger partial charge < -0.3 is 15.1 Å². The summed E-state index contributed by atoms with van der Waals surface area (Å²) in [7, 11) is 3.55. The molecule has 2 aromatic carbocycles. The van der Waals surface area contributed by atoms with Crippen LogP contribution in [0.1, 0.15) is 28.8 Å². The number of benzene rings is 2. The van der Waals surface area contributed by atoms with Crippen molar-refractivity contribution in [3.8, 4) is 0 Å². The molecule has 2 aromatic rings. The quantitative estimate of drug-likeness (QED) is 0.868. The first-order valence-electron chi connectivity index (χ1n) is 9.07. The van der Waals surface area contributed by atoms with Gasteiger partial charge in [0.15, 0.2) is 0 Å². The van der Waals surface area contributed by atoms with Crippen molar-refractivity contribution in [2.24, 2.45) is 0 Å². The highest BCUT2D eigenvalue weighted by molar-refractivity contribution is 6.30. The lowest BCUT2D eigenvalue weighted by atomic mass is 10.0. The molecule has 1 fully saturated rings. The second-order valence-corrected chi connectivity index (χ2v) is 7.46. The lowest BCUT2D eigenvalue weighted by Crippen LogP contribution is -2.42. The van der Waals surface area contributed by atoms with Gasteiger partial charge in [-0.05, 0) is 54.8 Å². The normalized spacial score (nSPS) is 15.1. The van der Waals surface area contributed by atoms with E-state index < -0.39 is 0 Å².